The van der Waals surface area contributed by atoms with Crippen LogP contribution in [0.3, 0.4) is 0 Å². The van der Waals surface area contributed by atoms with Crippen LogP contribution in [0.5, 0.6) is 0 Å². The summed E-state index contributed by atoms with van der Waals surface area (Å²) in [5.41, 5.74) is 1.78. The molecule has 0 aliphatic heterocycles. The Hall–Kier alpha value is -1.10. The SMILES string of the molecule is Cc1nn(-c2cc(CNC(C)(C)C)c(Cl)cn2)cc1Cl. The van der Waals surface area contributed by atoms with Gasteiger partial charge in [-0.1, -0.05) is 23.2 Å². The Morgan fingerprint density at radius 3 is 2.50 bits per heavy atom. The number of rotatable bonds is 3. The van der Waals surface area contributed by atoms with Crippen molar-refractivity contribution in [2.24, 2.45) is 0 Å². The minimum Gasteiger partial charge on any atom is -0.308 e. The second kappa shape index (κ2) is 5.72. The number of pyridine rings is 1. The molecule has 2 heterocycles. The highest BCUT2D eigenvalue weighted by Gasteiger charge is 2.12. The fraction of sp³-hybridized carbons (Fsp3) is 0.429. The van der Waals surface area contributed by atoms with E-state index in [0.717, 1.165) is 11.3 Å². The van der Waals surface area contributed by atoms with Crippen LogP contribution in [0.15, 0.2) is 18.5 Å². The number of aryl methyl sites for hydroxylation is 1. The lowest BCUT2D eigenvalue weighted by Crippen LogP contribution is -2.35. The summed E-state index contributed by atoms with van der Waals surface area (Å²) in [6, 6.07) is 1.92. The Balaban J connectivity index is 2.28. The van der Waals surface area contributed by atoms with Crippen LogP contribution in [0.1, 0.15) is 32.0 Å². The smallest absolute Gasteiger partial charge is 0.153 e. The third kappa shape index (κ3) is 3.72. The van der Waals surface area contributed by atoms with E-state index in [1.165, 1.54) is 0 Å². The van der Waals surface area contributed by atoms with Crippen molar-refractivity contribution in [2.75, 3.05) is 0 Å². The summed E-state index contributed by atoms with van der Waals surface area (Å²) in [6.07, 6.45) is 3.38. The van der Waals surface area contributed by atoms with Crippen LogP contribution in [0.25, 0.3) is 5.82 Å². The Morgan fingerprint density at radius 2 is 1.95 bits per heavy atom. The maximum absolute atomic E-state index is 6.19. The molecule has 0 aromatic carbocycles. The van der Waals surface area contributed by atoms with Crippen LogP contribution in [-0.4, -0.2) is 20.3 Å². The van der Waals surface area contributed by atoms with E-state index in [0.29, 0.717) is 22.4 Å². The Bertz CT molecular complexity index is 595. The lowest BCUT2D eigenvalue weighted by Gasteiger charge is -2.21. The highest BCUT2D eigenvalue weighted by molar-refractivity contribution is 6.31. The van der Waals surface area contributed by atoms with Gasteiger partial charge >= 0.3 is 0 Å². The van der Waals surface area contributed by atoms with Crippen LogP contribution in [0, 0.1) is 6.92 Å². The van der Waals surface area contributed by atoms with Crippen LogP contribution in [0.2, 0.25) is 10.0 Å². The van der Waals surface area contributed by atoms with Gasteiger partial charge in [-0.25, -0.2) is 9.67 Å². The van der Waals surface area contributed by atoms with E-state index in [1.54, 1.807) is 17.1 Å². The van der Waals surface area contributed by atoms with Gasteiger partial charge in [0.15, 0.2) is 5.82 Å². The number of nitrogens with one attached hydrogen (secondary N) is 1. The Labute approximate surface area is 129 Å². The highest BCUT2D eigenvalue weighted by Crippen LogP contribution is 2.20. The van der Waals surface area contributed by atoms with Gasteiger partial charge in [-0.15, -0.1) is 0 Å². The maximum atomic E-state index is 6.19. The number of hydrogen-bond acceptors (Lipinski definition) is 3. The van der Waals surface area contributed by atoms with Crippen molar-refractivity contribution < 1.29 is 0 Å². The van der Waals surface area contributed by atoms with Crippen molar-refractivity contribution in [1.29, 1.82) is 0 Å². The van der Waals surface area contributed by atoms with Crippen LogP contribution < -0.4 is 5.32 Å². The first-order valence-electron chi connectivity index (χ1n) is 6.38. The van der Waals surface area contributed by atoms with Gasteiger partial charge in [0, 0.05) is 18.3 Å². The minimum absolute atomic E-state index is 0.0261. The molecule has 1 N–H and O–H groups in total. The van der Waals surface area contributed by atoms with Crippen molar-refractivity contribution in [3.8, 4) is 5.82 Å². The summed E-state index contributed by atoms with van der Waals surface area (Å²) in [5.74, 6) is 0.704. The molecule has 0 spiro atoms. The second-order valence-corrected chi connectivity index (χ2v) is 6.56. The van der Waals surface area contributed by atoms with E-state index in [1.807, 2.05) is 13.0 Å². The van der Waals surface area contributed by atoms with Gasteiger partial charge in [-0.05, 0) is 39.3 Å². The molecule has 108 valence electrons. The molecule has 0 radical (unpaired) electrons. The minimum atomic E-state index is 0.0261. The molecule has 0 saturated heterocycles. The highest BCUT2D eigenvalue weighted by atomic mass is 35.5. The molecule has 2 aromatic heterocycles. The third-order valence-electron chi connectivity index (χ3n) is 2.80. The van der Waals surface area contributed by atoms with Crippen molar-refractivity contribution in [1.82, 2.24) is 20.1 Å². The lowest BCUT2D eigenvalue weighted by atomic mass is 10.1. The van der Waals surface area contributed by atoms with E-state index in [-0.39, 0.29) is 5.54 Å². The quantitative estimate of drug-likeness (QED) is 0.938. The molecule has 0 fully saturated rings. The standard InChI is InChI=1S/C14H18Cl2N4/c1-9-12(16)8-20(19-9)13-5-10(11(15)7-17-13)6-18-14(2,3)4/h5,7-8,18H,6H2,1-4H3. The maximum Gasteiger partial charge on any atom is 0.153 e. The summed E-state index contributed by atoms with van der Waals surface area (Å²) in [5, 5.41) is 8.99. The molecule has 2 aromatic rings. The fourth-order valence-corrected chi connectivity index (χ4v) is 1.95. The topological polar surface area (TPSA) is 42.7 Å². The van der Waals surface area contributed by atoms with Gasteiger partial charge in [-0.2, -0.15) is 5.10 Å². The summed E-state index contributed by atoms with van der Waals surface area (Å²) in [6.45, 7) is 8.86. The first-order chi connectivity index (χ1) is 9.26. The molecule has 20 heavy (non-hydrogen) atoms. The number of nitrogens with zero attached hydrogens (tertiary/aromatic N) is 3. The summed E-state index contributed by atoms with van der Waals surface area (Å²) >= 11 is 12.2. The molecule has 0 unspecified atom stereocenters. The van der Waals surface area contributed by atoms with Crippen LogP contribution >= 0.6 is 23.2 Å². The number of hydrogen-bond donors (Lipinski definition) is 1. The molecule has 4 nitrogen and oxygen atoms in total. The largest absolute Gasteiger partial charge is 0.308 e. The molecule has 0 saturated carbocycles. The van der Waals surface area contributed by atoms with E-state index in [4.69, 9.17) is 23.2 Å². The predicted molar refractivity (Wildman–Crippen MR) is 82.7 cm³/mol. The van der Waals surface area contributed by atoms with Gasteiger partial charge < -0.3 is 5.32 Å². The zero-order valence-electron chi connectivity index (χ0n) is 12.0. The van der Waals surface area contributed by atoms with Gasteiger partial charge in [0.2, 0.25) is 0 Å². The number of aromatic nitrogens is 3. The first-order valence-corrected chi connectivity index (χ1v) is 7.13. The average Bonchev–Trinajstić information content (AvgIpc) is 2.67. The lowest BCUT2D eigenvalue weighted by molar-refractivity contribution is 0.424. The van der Waals surface area contributed by atoms with E-state index < -0.39 is 0 Å². The Morgan fingerprint density at radius 1 is 1.25 bits per heavy atom. The summed E-state index contributed by atoms with van der Waals surface area (Å²) in [7, 11) is 0. The molecule has 0 aliphatic rings. The van der Waals surface area contributed by atoms with Crippen LogP contribution in [0.4, 0.5) is 0 Å². The van der Waals surface area contributed by atoms with E-state index in [2.05, 4.69) is 36.2 Å². The van der Waals surface area contributed by atoms with Crippen molar-refractivity contribution in [2.45, 2.75) is 39.8 Å². The molecular weight excluding hydrogens is 295 g/mol. The van der Waals surface area contributed by atoms with Crippen LogP contribution in [-0.2, 0) is 6.54 Å². The molecular formula is C14H18Cl2N4. The molecule has 2 rings (SSSR count). The van der Waals surface area contributed by atoms with Gasteiger partial charge in [0.1, 0.15) is 0 Å². The van der Waals surface area contributed by atoms with Crippen molar-refractivity contribution >= 4 is 23.2 Å². The van der Waals surface area contributed by atoms with Gasteiger partial charge in [0.05, 0.1) is 21.9 Å². The van der Waals surface area contributed by atoms with Gasteiger partial charge in [0.25, 0.3) is 0 Å². The second-order valence-electron chi connectivity index (χ2n) is 5.74. The molecule has 0 amide bonds. The molecule has 0 aliphatic carbocycles. The molecule has 0 atom stereocenters. The molecule has 6 heteroatoms. The van der Waals surface area contributed by atoms with Crippen molar-refractivity contribution in [3.05, 3.63) is 39.8 Å². The zero-order chi connectivity index (χ0) is 14.9. The average molecular weight is 313 g/mol. The Kier molecular flexibility index (Phi) is 4.37. The van der Waals surface area contributed by atoms with Crippen molar-refractivity contribution in [3.63, 3.8) is 0 Å². The predicted octanol–water partition coefficient (Wildman–Crippen LogP) is 3.77. The molecule has 0 bridgehead atoms. The number of halogens is 2. The fourth-order valence-electron chi connectivity index (χ4n) is 1.65. The summed E-state index contributed by atoms with van der Waals surface area (Å²) in [4.78, 5) is 4.29. The van der Waals surface area contributed by atoms with Gasteiger partial charge in [-0.3, -0.25) is 0 Å². The monoisotopic (exact) mass is 312 g/mol. The van der Waals surface area contributed by atoms with E-state index >= 15 is 0 Å². The third-order valence-corrected chi connectivity index (χ3v) is 3.51. The summed E-state index contributed by atoms with van der Waals surface area (Å²) < 4.78 is 1.66. The first kappa shape index (κ1) is 15.3. The zero-order valence-corrected chi connectivity index (χ0v) is 13.5. The normalized spacial score (nSPS) is 11.9. The van der Waals surface area contributed by atoms with E-state index in [9.17, 15) is 0 Å².